The van der Waals surface area contributed by atoms with E-state index in [1.54, 1.807) is 7.11 Å². The predicted octanol–water partition coefficient (Wildman–Crippen LogP) is 1.75. The van der Waals surface area contributed by atoms with E-state index in [1.807, 2.05) is 12.1 Å². The average molecular weight is 435 g/mol. The Bertz CT molecular complexity index is 192. The molecule has 0 heterocycles. The molecule has 0 aromatic heterocycles. The minimum absolute atomic E-state index is 0.767. The molecule has 0 fully saturated rings. The molecule has 0 amide bonds. The third-order valence-corrected chi connectivity index (χ3v) is 11.9. The Morgan fingerprint density at radius 2 is 2.10 bits per heavy atom. The molecule has 3 heteroatoms. The molecule has 10 heavy (non-hydrogen) atoms. The van der Waals surface area contributed by atoms with Gasteiger partial charge in [-0.2, -0.15) is 0 Å². The Morgan fingerprint density at radius 3 is 2.60 bits per heavy atom. The van der Waals surface area contributed by atoms with E-state index in [9.17, 15) is 0 Å². The standard InChI is InChI=1S/C7H7O.Hg.HI/c1-8-7-5-3-2-4-6-7;;/h2-5H,1H3;;1H/q;+1;/p-1. The molecule has 0 spiro atoms. The van der Waals surface area contributed by atoms with Gasteiger partial charge in [0.1, 0.15) is 0 Å². The fourth-order valence-corrected chi connectivity index (χ4v) is 8.75. The molecule has 0 saturated carbocycles. The summed E-state index contributed by atoms with van der Waals surface area (Å²) in [5.41, 5.74) is 0. The molecule has 0 radical (unpaired) electrons. The predicted molar refractivity (Wildman–Crippen MR) is 46.6 cm³/mol. The van der Waals surface area contributed by atoms with Gasteiger partial charge in [-0.3, -0.25) is 0 Å². The maximum atomic E-state index is 5.19. The molecule has 0 aliphatic carbocycles. The summed E-state index contributed by atoms with van der Waals surface area (Å²) in [6, 6.07) is 8.31. The summed E-state index contributed by atoms with van der Waals surface area (Å²) in [6.07, 6.45) is 0. The van der Waals surface area contributed by atoms with Crippen LogP contribution < -0.4 is 7.81 Å². The van der Waals surface area contributed by atoms with Crippen LogP contribution in [0.1, 0.15) is 0 Å². The first kappa shape index (κ1) is 8.78. The number of methoxy groups -OCH3 is 1. The summed E-state index contributed by atoms with van der Waals surface area (Å²) >= 11 is 1.78. The Kier molecular flexibility index (Phi) is 3.99. The normalized spacial score (nSPS) is 8.60. The van der Waals surface area contributed by atoms with Crippen molar-refractivity contribution in [1.29, 1.82) is 0 Å². The van der Waals surface area contributed by atoms with Crippen molar-refractivity contribution in [2.75, 3.05) is 7.11 Å². The van der Waals surface area contributed by atoms with Crippen LogP contribution in [-0.4, -0.2) is 7.11 Å². The van der Waals surface area contributed by atoms with Gasteiger partial charge in [-0.15, -0.1) is 0 Å². The zero-order valence-electron chi connectivity index (χ0n) is 5.80. The van der Waals surface area contributed by atoms with Crippen molar-refractivity contribution >= 4 is 20.7 Å². The fraction of sp³-hybridized carbons (Fsp3) is 0.143. The van der Waals surface area contributed by atoms with Crippen molar-refractivity contribution in [1.82, 2.24) is 0 Å². The monoisotopic (exact) mass is 436 g/mol. The third-order valence-electron chi connectivity index (χ3n) is 1.34. The summed E-state index contributed by atoms with van der Waals surface area (Å²) in [6.45, 7) is 0. The Morgan fingerprint density at radius 1 is 1.40 bits per heavy atom. The van der Waals surface area contributed by atoms with Crippen molar-refractivity contribution in [2.24, 2.45) is 0 Å². The van der Waals surface area contributed by atoms with Crippen molar-refractivity contribution in [2.45, 2.75) is 0 Å². The van der Waals surface area contributed by atoms with Gasteiger partial charge in [0.15, 0.2) is 0 Å². The molecule has 0 saturated heterocycles. The van der Waals surface area contributed by atoms with Crippen LogP contribution in [0.25, 0.3) is 0 Å². The molecule has 1 rings (SSSR count). The van der Waals surface area contributed by atoms with Gasteiger partial charge in [0.05, 0.1) is 0 Å². The zero-order chi connectivity index (χ0) is 7.40. The van der Waals surface area contributed by atoms with Gasteiger partial charge in [0.25, 0.3) is 0 Å². The van der Waals surface area contributed by atoms with E-state index < -0.39 is 20.2 Å². The minimum atomic E-state index is -0.767. The van der Waals surface area contributed by atoms with E-state index in [0.717, 1.165) is 5.75 Å². The maximum absolute atomic E-state index is 5.19. The van der Waals surface area contributed by atoms with Crippen LogP contribution in [0.5, 0.6) is 5.75 Å². The van der Waals surface area contributed by atoms with Gasteiger partial charge in [-0.1, -0.05) is 0 Å². The summed E-state index contributed by atoms with van der Waals surface area (Å²) in [4.78, 5) is 0. The van der Waals surface area contributed by atoms with Crippen molar-refractivity contribution in [3.8, 4) is 5.75 Å². The second kappa shape index (κ2) is 4.54. The van der Waals surface area contributed by atoms with Crippen molar-refractivity contribution in [3.63, 3.8) is 0 Å². The van der Waals surface area contributed by atoms with Crippen LogP contribution in [0.4, 0.5) is 0 Å². The first-order chi connectivity index (χ1) is 4.88. The molecule has 0 atom stereocenters. The third kappa shape index (κ3) is 2.08. The second-order valence-corrected chi connectivity index (χ2v) is 12.6. The molecule has 0 aliphatic heterocycles. The van der Waals surface area contributed by atoms with Crippen LogP contribution in [0.2, 0.25) is 0 Å². The molecule has 0 bridgehead atoms. The van der Waals surface area contributed by atoms with Crippen LogP contribution in [0.15, 0.2) is 24.3 Å². The van der Waals surface area contributed by atoms with Gasteiger partial charge in [0.2, 0.25) is 0 Å². The molecule has 1 aromatic carbocycles. The van der Waals surface area contributed by atoms with Crippen LogP contribution >= 0.6 is 17.7 Å². The van der Waals surface area contributed by atoms with Crippen LogP contribution in [-0.2, 0) is 20.2 Å². The van der Waals surface area contributed by atoms with Crippen molar-refractivity contribution < 1.29 is 25.0 Å². The molecular weight excluding hydrogens is 428 g/mol. The average Bonchev–Trinajstić information content (AvgIpc) is 2.04. The number of hydrogen-bond acceptors (Lipinski definition) is 1. The van der Waals surface area contributed by atoms with E-state index in [-0.39, 0.29) is 0 Å². The Balaban J connectivity index is 2.96. The zero-order valence-corrected chi connectivity index (χ0v) is 13.5. The number of para-hydroxylation sites is 1. The molecule has 0 unspecified atom stereocenters. The van der Waals surface area contributed by atoms with Gasteiger partial charge in [-0.05, 0) is 0 Å². The van der Waals surface area contributed by atoms with E-state index in [0.29, 0.717) is 0 Å². The van der Waals surface area contributed by atoms with Gasteiger partial charge in [-0.25, -0.2) is 0 Å². The van der Waals surface area contributed by atoms with Gasteiger partial charge >= 0.3 is 82.8 Å². The second-order valence-electron chi connectivity index (χ2n) is 1.95. The van der Waals surface area contributed by atoms with Crippen molar-refractivity contribution in [3.05, 3.63) is 24.3 Å². The molecule has 0 N–H and O–H groups in total. The van der Waals surface area contributed by atoms with Crippen LogP contribution in [0.3, 0.4) is 0 Å². The Hall–Kier alpha value is 0.685. The van der Waals surface area contributed by atoms with E-state index in [1.165, 1.54) is 3.07 Å². The number of benzene rings is 1. The number of ether oxygens (including phenoxy) is 1. The first-order valence-corrected chi connectivity index (χ1v) is 21.3. The molecule has 1 nitrogen and oxygen atoms in total. The number of hydrogen-bond donors (Lipinski definition) is 0. The quantitative estimate of drug-likeness (QED) is 0.509. The molecular formula is C7H7HgIO. The topological polar surface area (TPSA) is 9.23 Å². The molecule has 1 aromatic rings. The van der Waals surface area contributed by atoms with Crippen LogP contribution in [0, 0.1) is 0 Å². The molecule has 50 valence electrons. The summed E-state index contributed by atoms with van der Waals surface area (Å²) < 4.78 is 6.66. The number of rotatable bonds is 2. The van der Waals surface area contributed by atoms with E-state index >= 15 is 0 Å². The Labute approximate surface area is 82.0 Å². The number of halogens is 1. The summed E-state index contributed by atoms with van der Waals surface area (Å²) in [5, 5.41) is 0. The van der Waals surface area contributed by atoms with E-state index in [2.05, 4.69) is 29.8 Å². The SMILES string of the molecule is COc1cccc[c]1[Hg][I]. The first-order valence-electron chi connectivity index (χ1n) is 3.06. The van der Waals surface area contributed by atoms with E-state index in [4.69, 9.17) is 4.74 Å². The summed E-state index contributed by atoms with van der Waals surface area (Å²) in [7, 11) is 1.74. The van der Waals surface area contributed by atoms with Gasteiger partial charge < -0.3 is 0 Å². The summed E-state index contributed by atoms with van der Waals surface area (Å²) in [5.74, 6) is 1.08. The van der Waals surface area contributed by atoms with Gasteiger partial charge in [0, 0.05) is 0 Å². The molecule has 0 aliphatic rings. The fourth-order valence-electron chi connectivity index (χ4n) is 0.813.